The van der Waals surface area contributed by atoms with E-state index in [9.17, 15) is 13.2 Å². The van der Waals surface area contributed by atoms with Crippen LogP contribution in [0.3, 0.4) is 0 Å². The van der Waals surface area contributed by atoms with E-state index in [0.717, 1.165) is 30.7 Å². The lowest BCUT2D eigenvalue weighted by atomic mass is 10.1. The highest BCUT2D eigenvalue weighted by Crippen LogP contribution is 2.30. The van der Waals surface area contributed by atoms with Crippen molar-refractivity contribution in [3.8, 4) is 0 Å². The van der Waals surface area contributed by atoms with Crippen LogP contribution in [0.5, 0.6) is 0 Å². The lowest BCUT2D eigenvalue weighted by molar-refractivity contribution is -0.137. The second-order valence-corrected chi connectivity index (χ2v) is 4.92. The van der Waals surface area contributed by atoms with Crippen molar-refractivity contribution in [1.82, 2.24) is 5.32 Å². The summed E-state index contributed by atoms with van der Waals surface area (Å²) in [6.45, 7) is 1.67. The fourth-order valence-electron chi connectivity index (χ4n) is 1.60. The Morgan fingerprint density at radius 3 is 2.83 bits per heavy atom. The maximum atomic E-state index is 12.5. The first-order chi connectivity index (χ1) is 8.55. The van der Waals surface area contributed by atoms with Gasteiger partial charge in [0.05, 0.1) is 5.56 Å². The summed E-state index contributed by atoms with van der Waals surface area (Å²) in [5.41, 5.74) is 0.0593. The van der Waals surface area contributed by atoms with Gasteiger partial charge in [0.25, 0.3) is 0 Å². The lowest BCUT2D eigenvalue weighted by Crippen LogP contribution is -2.26. The molecule has 0 unspecified atom stereocenters. The van der Waals surface area contributed by atoms with Crippen LogP contribution in [0.25, 0.3) is 0 Å². The molecule has 18 heavy (non-hydrogen) atoms. The SMILES string of the molecule is FC(F)(F)c1cccc(CSC2=NCCCN2)c1. The molecule has 1 aliphatic rings. The van der Waals surface area contributed by atoms with Crippen molar-refractivity contribution in [1.29, 1.82) is 0 Å². The van der Waals surface area contributed by atoms with Crippen LogP contribution in [-0.2, 0) is 11.9 Å². The van der Waals surface area contributed by atoms with Gasteiger partial charge in [0, 0.05) is 18.8 Å². The van der Waals surface area contributed by atoms with Crippen molar-refractivity contribution in [2.45, 2.75) is 18.3 Å². The predicted molar refractivity (Wildman–Crippen MR) is 67.7 cm³/mol. The zero-order valence-electron chi connectivity index (χ0n) is 9.63. The Labute approximate surface area is 108 Å². The molecule has 0 spiro atoms. The molecular weight excluding hydrogens is 261 g/mol. The van der Waals surface area contributed by atoms with Crippen molar-refractivity contribution in [2.75, 3.05) is 13.1 Å². The minimum Gasteiger partial charge on any atom is -0.365 e. The van der Waals surface area contributed by atoms with Crippen molar-refractivity contribution in [2.24, 2.45) is 4.99 Å². The van der Waals surface area contributed by atoms with Crippen LogP contribution in [0.4, 0.5) is 13.2 Å². The number of nitrogens with one attached hydrogen (secondary N) is 1. The smallest absolute Gasteiger partial charge is 0.365 e. The van der Waals surface area contributed by atoms with Crippen molar-refractivity contribution in [3.63, 3.8) is 0 Å². The van der Waals surface area contributed by atoms with Crippen LogP contribution in [-0.4, -0.2) is 18.3 Å². The molecule has 0 saturated carbocycles. The molecule has 0 aliphatic carbocycles. The average molecular weight is 274 g/mol. The monoisotopic (exact) mass is 274 g/mol. The molecule has 0 amide bonds. The second-order valence-electron chi connectivity index (χ2n) is 3.95. The largest absolute Gasteiger partial charge is 0.416 e. The second kappa shape index (κ2) is 5.65. The fourth-order valence-corrected chi connectivity index (χ4v) is 2.47. The molecule has 2 nitrogen and oxygen atoms in total. The van der Waals surface area contributed by atoms with Crippen LogP contribution in [0.2, 0.25) is 0 Å². The number of hydrogen-bond donors (Lipinski definition) is 1. The molecule has 0 bridgehead atoms. The highest BCUT2D eigenvalue weighted by molar-refractivity contribution is 8.13. The zero-order valence-corrected chi connectivity index (χ0v) is 10.4. The molecule has 98 valence electrons. The molecule has 0 radical (unpaired) electrons. The molecule has 1 heterocycles. The number of aliphatic imine (C=N–C) groups is 1. The zero-order chi connectivity index (χ0) is 13.0. The summed E-state index contributed by atoms with van der Waals surface area (Å²) in [7, 11) is 0. The first-order valence-corrected chi connectivity index (χ1v) is 6.61. The molecule has 1 N–H and O–H groups in total. The number of nitrogens with zero attached hydrogens (tertiary/aromatic N) is 1. The molecule has 1 aromatic rings. The van der Waals surface area contributed by atoms with Crippen molar-refractivity contribution >= 4 is 16.9 Å². The van der Waals surface area contributed by atoms with Crippen molar-refractivity contribution in [3.05, 3.63) is 35.4 Å². The summed E-state index contributed by atoms with van der Waals surface area (Å²) in [5.74, 6) is 0.496. The van der Waals surface area contributed by atoms with E-state index in [4.69, 9.17) is 0 Å². The summed E-state index contributed by atoms with van der Waals surface area (Å²) >= 11 is 1.44. The Morgan fingerprint density at radius 2 is 2.17 bits per heavy atom. The van der Waals surface area contributed by atoms with Gasteiger partial charge in [0.2, 0.25) is 0 Å². The fraction of sp³-hybridized carbons (Fsp3) is 0.417. The topological polar surface area (TPSA) is 24.4 Å². The van der Waals surface area contributed by atoms with E-state index in [1.165, 1.54) is 23.9 Å². The molecule has 0 aromatic heterocycles. The predicted octanol–water partition coefficient (Wildman–Crippen LogP) is 3.29. The van der Waals surface area contributed by atoms with Gasteiger partial charge in [0.15, 0.2) is 5.17 Å². The Kier molecular flexibility index (Phi) is 4.16. The van der Waals surface area contributed by atoms with E-state index in [1.54, 1.807) is 6.07 Å². The normalized spacial score (nSPS) is 16.1. The molecule has 0 fully saturated rings. The van der Waals surface area contributed by atoms with Crippen molar-refractivity contribution < 1.29 is 13.2 Å². The van der Waals surface area contributed by atoms with E-state index < -0.39 is 11.7 Å². The third-order valence-corrected chi connectivity index (χ3v) is 3.52. The Hall–Kier alpha value is -1.17. The van der Waals surface area contributed by atoms with Gasteiger partial charge in [-0.2, -0.15) is 13.2 Å². The first kappa shape index (κ1) is 13.3. The lowest BCUT2D eigenvalue weighted by Gasteiger charge is -2.14. The third kappa shape index (κ3) is 3.66. The third-order valence-electron chi connectivity index (χ3n) is 2.50. The first-order valence-electron chi connectivity index (χ1n) is 5.63. The summed E-state index contributed by atoms with van der Waals surface area (Å²) < 4.78 is 37.6. The molecule has 2 rings (SSSR count). The van der Waals surface area contributed by atoms with Crippen LogP contribution in [0, 0.1) is 0 Å². The summed E-state index contributed by atoms with van der Waals surface area (Å²) in [6.07, 6.45) is -3.27. The van der Waals surface area contributed by atoms with Crippen LogP contribution >= 0.6 is 11.8 Å². The number of hydrogen-bond acceptors (Lipinski definition) is 3. The van der Waals surface area contributed by atoms with E-state index >= 15 is 0 Å². The average Bonchev–Trinajstić information content (AvgIpc) is 2.37. The van der Waals surface area contributed by atoms with E-state index in [0.29, 0.717) is 11.3 Å². The van der Waals surface area contributed by atoms with Gasteiger partial charge in [-0.3, -0.25) is 4.99 Å². The molecule has 1 aromatic carbocycles. The summed E-state index contributed by atoms with van der Waals surface area (Å²) in [4.78, 5) is 4.26. The molecule has 0 atom stereocenters. The Bertz CT molecular complexity index is 443. The number of halogens is 3. The number of rotatable bonds is 2. The maximum Gasteiger partial charge on any atom is 0.416 e. The molecule has 6 heteroatoms. The summed E-state index contributed by atoms with van der Waals surface area (Å²) in [5, 5.41) is 3.94. The highest BCUT2D eigenvalue weighted by Gasteiger charge is 2.30. The van der Waals surface area contributed by atoms with Gasteiger partial charge in [0.1, 0.15) is 0 Å². The van der Waals surface area contributed by atoms with Gasteiger partial charge in [-0.15, -0.1) is 0 Å². The van der Waals surface area contributed by atoms with E-state index in [1.807, 2.05) is 0 Å². The summed E-state index contributed by atoms with van der Waals surface area (Å²) in [6, 6.07) is 5.42. The van der Waals surface area contributed by atoms with Gasteiger partial charge >= 0.3 is 6.18 Å². The van der Waals surface area contributed by atoms with Crippen LogP contribution in [0.1, 0.15) is 17.5 Å². The van der Waals surface area contributed by atoms with E-state index in [2.05, 4.69) is 10.3 Å². The highest BCUT2D eigenvalue weighted by atomic mass is 32.2. The number of thioether (sulfide) groups is 1. The number of amidine groups is 1. The number of benzene rings is 1. The minimum atomic E-state index is -4.28. The van der Waals surface area contributed by atoms with Crippen LogP contribution in [0.15, 0.2) is 29.3 Å². The Morgan fingerprint density at radius 1 is 1.33 bits per heavy atom. The van der Waals surface area contributed by atoms with Crippen LogP contribution < -0.4 is 5.32 Å². The molecule has 1 aliphatic heterocycles. The molecule has 0 saturated heterocycles. The number of alkyl halides is 3. The molecular formula is C12H13F3N2S. The standard InChI is InChI=1S/C12H13F3N2S/c13-12(14,15)10-4-1-3-9(7-10)8-18-11-16-5-2-6-17-11/h1,3-4,7H,2,5-6,8H2,(H,16,17). The maximum absolute atomic E-state index is 12.5. The van der Waals surface area contributed by atoms with Gasteiger partial charge in [-0.1, -0.05) is 30.0 Å². The van der Waals surface area contributed by atoms with Gasteiger partial charge in [-0.25, -0.2) is 0 Å². The van der Waals surface area contributed by atoms with Gasteiger partial charge in [-0.05, 0) is 18.1 Å². The quantitative estimate of drug-likeness (QED) is 0.895. The minimum absolute atomic E-state index is 0.496. The van der Waals surface area contributed by atoms with Gasteiger partial charge < -0.3 is 5.32 Å². The Balaban J connectivity index is 1.99. The van der Waals surface area contributed by atoms with E-state index in [-0.39, 0.29) is 0 Å².